The van der Waals surface area contributed by atoms with E-state index in [0.717, 1.165) is 56.9 Å². The van der Waals surface area contributed by atoms with Crippen LogP contribution in [0.1, 0.15) is 65.7 Å². The van der Waals surface area contributed by atoms with E-state index in [4.69, 9.17) is 15.0 Å². The van der Waals surface area contributed by atoms with Crippen molar-refractivity contribution in [3.05, 3.63) is 88.6 Å². The fourth-order valence-corrected chi connectivity index (χ4v) is 6.41. The number of benzene rings is 3. The van der Waals surface area contributed by atoms with Gasteiger partial charge in [-0.05, 0) is 93.5 Å². The Labute approximate surface area is 237 Å². The van der Waals surface area contributed by atoms with Crippen LogP contribution in [-0.2, 0) is 10.3 Å². The fraction of sp³-hybridized carbons (Fsp3) is 0.333. The van der Waals surface area contributed by atoms with Crippen LogP contribution >= 0.6 is 0 Å². The predicted octanol–water partition coefficient (Wildman–Crippen LogP) is 6.55. The predicted molar refractivity (Wildman–Crippen MR) is 156 cm³/mol. The lowest BCUT2D eigenvalue weighted by molar-refractivity contribution is 0.0552. The van der Waals surface area contributed by atoms with Crippen molar-refractivity contribution in [2.45, 2.75) is 52.2 Å². The molecular weight excluding hydrogens is 521 g/mol. The van der Waals surface area contributed by atoms with Gasteiger partial charge in [-0.15, -0.1) is 0 Å². The average Bonchev–Trinajstić information content (AvgIpc) is 3.45. The van der Waals surface area contributed by atoms with Crippen LogP contribution in [0, 0.1) is 25.6 Å². The van der Waals surface area contributed by atoms with E-state index < -0.39 is 11.5 Å². The Morgan fingerprint density at radius 3 is 2.39 bits per heavy atom. The van der Waals surface area contributed by atoms with Crippen LogP contribution in [0.3, 0.4) is 0 Å². The molecule has 2 aromatic heterocycles. The van der Waals surface area contributed by atoms with Crippen molar-refractivity contribution in [1.82, 2.24) is 9.72 Å². The molecule has 6 rings (SSSR count). The first-order chi connectivity index (χ1) is 19.5. The number of fused-ring (bicyclic) bond motifs is 3. The SMILES string of the molecule is Cc1noc(C)c1-c1cc(C(N)=O)c2c3ccc(C(C)(C)O)cc3n(C(c3ccc(F)cc3)C3CCOCC3)c2c1. The summed E-state index contributed by atoms with van der Waals surface area (Å²) in [6.45, 7) is 8.48. The summed E-state index contributed by atoms with van der Waals surface area (Å²) in [5.74, 6) is -0.0244. The summed E-state index contributed by atoms with van der Waals surface area (Å²) in [5.41, 5.74) is 11.0. The largest absolute Gasteiger partial charge is 0.386 e. The van der Waals surface area contributed by atoms with E-state index in [1.54, 1.807) is 13.8 Å². The standard InChI is InChI=1S/C33H34FN3O4/c1-18-29(19(2)41-36-18)22-15-26(32(35)38)30-25-10-7-23(33(3,4)39)17-27(25)37(28(30)16-22)31(21-11-13-40-14-12-21)20-5-8-24(34)9-6-20/h5-10,15-17,21,31,39H,11-14H2,1-4H3,(H2,35,38). The number of ether oxygens (including phenoxy) is 1. The Morgan fingerprint density at radius 2 is 1.78 bits per heavy atom. The zero-order chi connectivity index (χ0) is 29.1. The minimum absolute atomic E-state index is 0.179. The van der Waals surface area contributed by atoms with Gasteiger partial charge < -0.3 is 24.7 Å². The summed E-state index contributed by atoms with van der Waals surface area (Å²) in [4.78, 5) is 13.0. The number of halogens is 1. The molecule has 1 amide bonds. The zero-order valence-electron chi connectivity index (χ0n) is 23.7. The second kappa shape index (κ2) is 10.1. The van der Waals surface area contributed by atoms with Crippen LogP contribution in [0.4, 0.5) is 4.39 Å². The molecule has 0 spiro atoms. The topological polar surface area (TPSA) is 104 Å². The molecule has 8 heteroatoms. The van der Waals surface area contributed by atoms with Gasteiger partial charge in [-0.1, -0.05) is 29.4 Å². The van der Waals surface area contributed by atoms with E-state index in [0.29, 0.717) is 30.2 Å². The monoisotopic (exact) mass is 555 g/mol. The van der Waals surface area contributed by atoms with Gasteiger partial charge in [-0.3, -0.25) is 4.79 Å². The molecule has 1 atom stereocenters. The molecule has 1 unspecified atom stereocenters. The van der Waals surface area contributed by atoms with Crippen molar-refractivity contribution >= 4 is 27.7 Å². The van der Waals surface area contributed by atoms with E-state index >= 15 is 0 Å². The van der Waals surface area contributed by atoms with Crippen LogP contribution in [-0.4, -0.2) is 34.0 Å². The van der Waals surface area contributed by atoms with Crippen LogP contribution in [0.15, 0.2) is 59.1 Å². The van der Waals surface area contributed by atoms with Crippen LogP contribution in [0.25, 0.3) is 32.9 Å². The van der Waals surface area contributed by atoms with Crippen molar-refractivity contribution in [3.8, 4) is 11.1 Å². The van der Waals surface area contributed by atoms with E-state index in [9.17, 15) is 14.3 Å². The number of hydrogen-bond acceptors (Lipinski definition) is 5. The van der Waals surface area contributed by atoms with Crippen molar-refractivity contribution in [1.29, 1.82) is 0 Å². The van der Waals surface area contributed by atoms with Gasteiger partial charge in [0, 0.05) is 35.1 Å². The number of aliphatic hydroxyl groups is 1. The molecule has 1 aliphatic rings. The van der Waals surface area contributed by atoms with Gasteiger partial charge in [0.2, 0.25) is 5.91 Å². The van der Waals surface area contributed by atoms with Crippen molar-refractivity contribution < 1.29 is 23.6 Å². The minimum Gasteiger partial charge on any atom is -0.386 e. The maximum Gasteiger partial charge on any atom is 0.249 e. The molecule has 3 heterocycles. The first kappa shape index (κ1) is 27.2. The van der Waals surface area contributed by atoms with Crippen LogP contribution in [0.5, 0.6) is 0 Å². The molecule has 7 nitrogen and oxygen atoms in total. The Kier molecular flexibility index (Phi) is 6.71. The number of carbonyl (C=O) groups is 1. The molecule has 0 aliphatic carbocycles. The van der Waals surface area contributed by atoms with Gasteiger partial charge in [-0.25, -0.2) is 4.39 Å². The van der Waals surface area contributed by atoms with Gasteiger partial charge in [0.1, 0.15) is 11.6 Å². The van der Waals surface area contributed by atoms with Gasteiger partial charge in [0.05, 0.1) is 28.4 Å². The number of aryl methyl sites for hydroxylation is 2. The van der Waals surface area contributed by atoms with Gasteiger partial charge in [0.15, 0.2) is 0 Å². The molecular formula is C33H34FN3O4. The zero-order valence-corrected chi connectivity index (χ0v) is 23.7. The normalized spacial score (nSPS) is 15.6. The summed E-state index contributed by atoms with van der Waals surface area (Å²) < 4.78 is 27.6. The second-order valence-electron chi connectivity index (χ2n) is 11.6. The third-order valence-electron chi connectivity index (χ3n) is 8.40. The van der Waals surface area contributed by atoms with Crippen LogP contribution in [0.2, 0.25) is 0 Å². The number of primary amides is 1. The highest BCUT2D eigenvalue weighted by atomic mass is 19.1. The highest BCUT2D eigenvalue weighted by Gasteiger charge is 2.32. The first-order valence-corrected chi connectivity index (χ1v) is 14.0. The molecule has 3 aromatic carbocycles. The molecule has 3 N–H and O–H groups in total. The highest BCUT2D eigenvalue weighted by molar-refractivity contribution is 6.19. The Bertz CT molecular complexity index is 1750. The number of rotatable bonds is 6. The van der Waals surface area contributed by atoms with Gasteiger partial charge >= 0.3 is 0 Å². The average molecular weight is 556 g/mol. The van der Waals surface area contributed by atoms with Crippen LogP contribution < -0.4 is 5.73 Å². The molecule has 0 radical (unpaired) electrons. The molecule has 0 bridgehead atoms. The van der Waals surface area contributed by atoms with Gasteiger partial charge in [0.25, 0.3) is 0 Å². The fourth-order valence-electron chi connectivity index (χ4n) is 6.41. The number of aromatic nitrogens is 2. The molecule has 41 heavy (non-hydrogen) atoms. The lowest BCUT2D eigenvalue weighted by Crippen LogP contribution is -2.27. The van der Waals surface area contributed by atoms with E-state index in [-0.39, 0.29) is 17.8 Å². The summed E-state index contributed by atoms with van der Waals surface area (Å²) in [7, 11) is 0. The van der Waals surface area contributed by atoms with E-state index in [1.807, 2.05) is 50.2 Å². The summed E-state index contributed by atoms with van der Waals surface area (Å²) in [6.07, 6.45) is 1.64. The summed E-state index contributed by atoms with van der Waals surface area (Å²) in [6, 6.07) is 16.2. The Morgan fingerprint density at radius 1 is 1.07 bits per heavy atom. The number of amides is 1. The smallest absolute Gasteiger partial charge is 0.249 e. The molecule has 0 saturated carbocycles. The highest BCUT2D eigenvalue weighted by Crippen LogP contribution is 2.44. The van der Waals surface area contributed by atoms with E-state index in [1.165, 1.54) is 12.1 Å². The maximum atomic E-state index is 14.1. The maximum absolute atomic E-state index is 14.1. The number of nitrogens with zero attached hydrogens (tertiary/aromatic N) is 2. The first-order valence-electron chi connectivity index (χ1n) is 14.0. The molecule has 212 valence electrons. The third kappa shape index (κ3) is 4.71. The molecule has 5 aromatic rings. The summed E-state index contributed by atoms with van der Waals surface area (Å²) in [5, 5.41) is 16.7. The number of carbonyl (C=O) groups excluding carboxylic acids is 1. The lowest BCUT2D eigenvalue weighted by atomic mass is 9.86. The minimum atomic E-state index is -1.09. The third-order valence-corrected chi connectivity index (χ3v) is 8.40. The van der Waals surface area contributed by atoms with Gasteiger partial charge in [-0.2, -0.15) is 0 Å². The summed E-state index contributed by atoms with van der Waals surface area (Å²) >= 11 is 0. The Balaban J connectivity index is 1.77. The molecule has 1 saturated heterocycles. The Hall–Kier alpha value is -4.01. The van der Waals surface area contributed by atoms with E-state index in [2.05, 4.69) is 15.8 Å². The van der Waals surface area contributed by atoms with Crippen molar-refractivity contribution in [2.24, 2.45) is 11.7 Å². The number of nitrogens with two attached hydrogens (primary N) is 1. The molecule has 1 aliphatic heterocycles. The second-order valence-corrected chi connectivity index (χ2v) is 11.6. The van der Waals surface area contributed by atoms with Crippen molar-refractivity contribution in [3.63, 3.8) is 0 Å². The number of hydrogen-bond donors (Lipinski definition) is 2. The molecule has 1 fully saturated rings. The van der Waals surface area contributed by atoms with Crippen molar-refractivity contribution in [2.75, 3.05) is 13.2 Å². The quantitative estimate of drug-likeness (QED) is 0.247. The lowest BCUT2D eigenvalue weighted by Gasteiger charge is -2.33.